The highest BCUT2D eigenvalue weighted by Crippen LogP contribution is 2.17. The average Bonchev–Trinajstić information content (AvgIpc) is 2.81. The summed E-state index contributed by atoms with van der Waals surface area (Å²) in [5, 5.41) is 11.3. The molecule has 1 heterocycles. The Bertz CT molecular complexity index is 529. The molecule has 5 nitrogen and oxygen atoms in total. The lowest BCUT2D eigenvalue weighted by molar-refractivity contribution is 0.305. The maximum atomic E-state index is 5.65. The molecular formula is C13H17BrN4O. The summed E-state index contributed by atoms with van der Waals surface area (Å²) < 4.78 is 8.58. The quantitative estimate of drug-likeness (QED) is 0.828. The maximum absolute atomic E-state index is 5.65. The van der Waals surface area contributed by atoms with Gasteiger partial charge in [-0.25, -0.2) is 0 Å². The standard InChI is InChI=1S/C13H17BrN4O/c1-10(13-17-16-9-18(13)2)15-6-7-19-12-5-3-4-11(14)8-12/h3-5,8-10,15H,6-7H2,1-2H3. The third-order valence-corrected chi connectivity index (χ3v) is 3.24. The average molecular weight is 325 g/mol. The fourth-order valence-corrected chi connectivity index (χ4v) is 2.15. The van der Waals surface area contributed by atoms with Crippen LogP contribution in [-0.2, 0) is 7.05 Å². The van der Waals surface area contributed by atoms with Crippen molar-refractivity contribution in [1.29, 1.82) is 0 Å². The third-order valence-electron chi connectivity index (χ3n) is 2.75. The number of aromatic nitrogens is 3. The van der Waals surface area contributed by atoms with Gasteiger partial charge in [-0.15, -0.1) is 10.2 Å². The lowest BCUT2D eigenvalue weighted by Crippen LogP contribution is -2.26. The summed E-state index contributed by atoms with van der Waals surface area (Å²) in [4.78, 5) is 0. The first-order chi connectivity index (χ1) is 9.16. The number of halogens is 1. The van der Waals surface area contributed by atoms with Crippen molar-refractivity contribution >= 4 is 15.9 Å². The van der Waals surface area contributed by atoms with Crippen molar-refractivity contribution in [2.24, 2.45) is 7.05 Å². The molecule has 1 N–H and O–H groups in total. The van der Waals surface area contributed by atoms with Crippen molar-refractivity contribution in [2.45, 2.75) is 13.0 Å². The lowest BCUT2D eigenvalue weighted by Gasteiger charge is -2.13. The summed E-state index contributed by atoms with van der Waals surface area (Å²) in [5.74, 6) is 1.78. The number of rotatable bonds is 6. The van der Waals surface area contributed by atoms with Gasteiger partial charge in [0.2, 0.25) is 0 Å². The van der Waals surface area contributed by atoms with Crippen LogP contribution < -0.4 is 10.1 Å². The predicted molar refractivity (Wildman–Crippen MR) is 77.1 cm³/mol. The van der Waals surface area contributed by atoms with Gasteiger partial charge in [-0.05, 0) is 25.1 Å². The molecule has 0 aliphatic heterocycles. The van der Waals surface area contributed by atoms with Crippen LogP contribution in [0.3, 0.4) is 0 Å². The van der Waals surface area contributed by atoms with Crippen LogP contribution in [0.2, 0.25) is 0 Å². The minimum absolute atomic E-state index is 0.151. The van der Waals surface area contributed by atoms with Crippen LogP contribution in [0.5, 0.6) is 5.75 Å². The van der Waals surface area contributed by atoms with Crippen molar-refractivity contribution in [3.05, 3.63) is 40.9 Å². The molecule has 0 saturated heterocycles. The molecule has 1 aromatic heterocycles. The fourth-order valence-electron chi connectivity index (χ4n) is 1.78. The van der Waals surface area contributed by atoms with Gasteiger partial charge in [0.1, 0.15) is 24.5 Å². The number of nitrogens with zero attached hydrogens (tertiary/aromatic N) is 3. The molecule has 2 aromatic rings. The Kier molecular flexibility index (Phi) is 4.93. The zero-order valence-corrected chi connectivity index (χ0v) is 12.6. The van der Waals surface area contributed by atoms with E-state index in [1.54, 1.807) is 6.33 Å². The minimum Gasteiger partial charge on any atom is -0.492 e. The second kappa shape index (κ2) is 6.68. The molecule has 0 radical (unpaired) electrons. The molecule has 102 valence electrons. The smallest absolute Gasteiger partial charge is 0.149 e. The van der Waals surface area contributed by atoms with Crippen molar-refractivity contribution in [3.63, 3.8) is 0 Å². The number of hydrogen-bond donors (Lipinski definition) is 1. The first kappa shape index (κ1) is 14.0. The van der Waals surface area contributed by atoms with Crippen LogP contribution in [0.1, 0.15) is 18.8 Å². The summed E-state index contributed by atoms with van der Waals surface area (Å²) in [6.07, 6.45) is 1.70. The Labute approximate surface area is 121 Å². The van der Waals surface area contributed by atoms with E-state index < -0.39 is 0 Å². The van der Waals surface area contributed by atoms with E-state index >= 15 is 0 Å². The maximum Gasteiger partial charge on any atom is 0.149 e. The summed E-state index contributed by atoms with van der Waals surface area (Å²) in [5.41, 5.74) is 0. The monoisotopic (exact) mass is 324 g/mol. The van der Waals surface area contributed by atoms with E-state index in [1.807, 2.05) is 35.9 Å². The van der Waals surface area contributed by atoms with Gasteiger partial charge in [0.15, 0.2) is 0 Å². The molecule has 1 atom stereocenters. The summed E-state index contributed by atoms with van der Waals surface area (Å²) in [6, 6.07) is 7.97. The van der Waals surface area contributed by atoms with E-state index in [0.29, 0.717) is 6.61 Å². The molecule has 0 saturated carbocycles. The molecule has 6 heteroatoms. The number of hydrogen-bond acceptors (Lipinski definition) is 4. The van der Waals surface area contributed by atoms with E-state index in [4.69, 9.17) is 4.74 Å². The van der Waals surface area contributed by atoms with Crippen molar-refractivity contribution in [1.82, 2.24) is 20.1 Å². The van der Waals surface area contributed by atoms with Crippen molar-refractivity contribution < 1.29 is 4.74 Å². The highest BCUT2D eigenvalue weighted by atomic mass is 79.9. The van der Waals surface area contributed by atoms with Crippen LogP contribution >= 0.6 is 15.9 Å². The molecule has 2 rings (SSSR count). The minimum atomic E-state index is 0.151. The zero-order valence-electron chi connectivity index (χ0n) is 11.0. The molecule has 1 unspecified atom stereocenters. The molecule has 1 aromatic carbocycles. The molecule has 0 aliphatic carbocycles. The molecular weight excluding hydrogens is 308 g/mol. The molecule has 0 amide bonds. The number of nitrogens with one attached hydrogen (secondary N) is 1. The second-order valence-corrected chi connectivity index (χ2v) is 5.20. The zero-order chi connectivity index (χ0) is 13.7. The fraction of sp³-hybridized carbons (Fsp3) is 0.385. The van der Waals surface area contributed by atoms with Gasteiger partial charge in [0.25, 0.3) is 0 Å². The number of benzene rings is 1. The van der Waals surface area contributed by atoms with Gasteiger partial charge in [-0.2, -0.15) is 0 Å². The molecule has 0 fully saturated rings. The summed E-state index contributed by atoms with van der Waals surface area (Å²) in [7, 11) is 1.94. The molecule has 19 heavy (non-hydrogen) atoms. The highest BCUT2D eigenvalue weighted by Gasteiger charge is 2.09. The van der Waals surface area contributed by atoms with Crippen LogP contribution in [0.15, 0.2) is 35.1 Å². The molecule has 0 bridgehead atoms. The third kappa shape index (κ3) is 4.04. The van der Waals surface area contributed by atoms with Gasteiger partial charge in [0.05, 0.1) is 6.04 Å². The number of ether oxygens (including phenoxy) is 1. The Balaban J connectivity index is 1.74. The van der Waals surface area contributed by atoms with Crippen molar-refractivity contribution in [3.8, 4) is 5.75 Å². The predicted octanol–water partition coefficient (Wildman–Crippen LogP) is 2.31. The van der Waals surface area contributed by atoms with Crippen LogP contribution in [0.4, 0.5) is 0 Å². The van der Waals surface area contributed by atoms with Crippen LogP contribution in [-0.4, -0.2) is 27.9 Å². The van der Waals surface area contributed by atoms with E-state index in [0.717, 1.165) is 22.6 Å². The Hall–Kier alpha value is -1.40. The molecule has 0 spiro atoms. The largest absolute Gasteiger partial charge is 0.492 e. The highest BCUT2D eigenvalue weighted by molar-refractivity contribution is 9.10. The van der Waals surface area contributed by atoms with Crippen molar-refractivity contribution in [2.75, 3.05) is 13.2 Å². The van der Waals surface area contributed by atoms with E-state index in [1.165, 1.54) is 0 Å². The Morgan fingerprint density at radius 2 is 2.32 bits per heavy atom. The van der Waals surface area contributed by atoms with E-state index in [-0.39, 0.29) is 6.04 Å². The van der Waals surface area contributed by atoms with Gasteiger partial charge in [-0.1, -0.05) is 22.0 Å². The van der Waals surface area contributed by atoms with Gasteiger partial charge >= 0.3 is 0 Å². The first-order valence-electron chi connectivity index (χ1n) is 6.12. The second-order valence-electron chi connectivity index (χ2n) is 4.28. The number of aryl methyl sites for hydroxylation is 1. The Morgan fingerprint density at radius 1 is 1.47 bits per heavy atom. The van der Waals surface area contributed by atoms with Gasteiger partial charge in [0, 0.05) is 18.1 Å². The SMILES string of the molecule is CC(NCCOc1cccc(Br)c1)c1nncn1C. The Morgan fingerprint density at radius 3 is 3.00 bits per heavy atom. The summed E-state index contributed by atoms with van der Waals surface area (Å²) in [6.45, 7) is 3.42. The van der Waals surface area contributed by atoms with E-state index in [2.05, 4.69) is 38.4 Å². The van der Waals surface area contributed by atoms with Crippen LogP contribution in [0.25, 0.3) is 0 Å². The van der Waals surface area contributed by atoms with E-state index in [9.17, 15) is 0 Å². The van der Waals surface area contributed by atoms with Gasteiger partial charge < -0.3 is 14.6 Å². The van der Waals surface area contributed by atoms with Crippen LogP contribution in [0, 0.1) is 0 Å². The summed E-state index contributed by atoms with van der Waals surface area (Å²) >= 11 is 3.41. The first-order valence-corrected chi connectivity index (χ1v) is 6.92. The topological polar surface area (TPSA) is 52.0 Å². The van der Waals surface area contributed by atoms with Gasteiger partial charge in [-0.3, -0.25) is 0 Å². The lowest BCUT2D eigenvalue weighted by atomic mass is 10.3. The molecule has 0 aliphatic rings. The normalized spacial score (nSPS) is 12.4.